The third kappa shape index (κ3) is 4.18. The average Bonchev–Trinajstić information content (AvgIpc) is 2.71. The molecule has 0 amide bonds. The minimum atomic E-state index is -1.50. The summed E-state index contributed by atoms with van der Waals surface area (Å²) >= 11 is 0. The zero-order chi connectivity index (χ0) is 21.1. The van der Waals surface area contributed by atoms with E-state index in [9.17, 15) is 4.21 Å². The molecule has 3 aromatic rings. The van der Waals surface area contributed by atoms with E-state index >= 15 is 0 Å². The standard InChI is InChI=1S/C23H24N4OS/c1-14-15(2)21(29(26)28)9-8-20(14)17-4-6-18(7-5-17)22(16(3)24)23(25)19-10-12-27-13-11-19/h4-13,25H,24,26H2,1-3H3/b22-16-,25-23?. The van der Waals surface area contributed by atoms with Gasteiger partial charge < -0.3 is 5.73 Å². The Morgan fingerprint density at radius 2 is 1.55 bits per heavy atom. The molecule has 0 spiro atoms. The summed E-state index contributed by atoms with van der Waals surface area (Å²) in [6.07, 6.45) is 3.33. The van der Waals surface area contributed by atoms with Crippen molar-refractivity contribution in [2.24, 2.45) is 10.9 Å². The zero-order valence-electron chi connectivity index (χ0n) is 16.7. The first-order valence-electron chi connectivity index (χ1n) is 9.14. The molecule has 1 aromatic heterocycles. The van der Waals surface area contributed by atoms with Crippen LogP contribution < -0.4 is 10.9 Å². The molecule has 0 aliphatic carbocycles. The normalized spacial score (nSPS) is 13.0. The lowest BCUT2D eigenvalue weighted by molar-refractivity contribution is 0.684. The van der Waals surface area contributed by atoms with Crippen LogP contribution in [0.25, 0.3) is 16.7 Å². The van der Waals surface area contributed by atoms with Crippen molar-refractivity contribution in [3.8, 4) is 11.1 Å². The molecule has 0 aliphatic heterocycles. The zero-order valence-corrected chi connectivity index (χ0v) is 17.5. The van der Waals surface area contributed by atoms with Crippen LogP contribution in [0, 0.1) is 19.3 Å². The van der Waals surface area contributed by atoms with Crippen LogP contribution in [-0.2, 0) is 11.0 Å². The highest BCUT2D eigenvalue weighted by Gasteiger charge is 2.14. The van der Waals surface area contributed by atoms with E-state index < -0.39 is 11.0 Å². The molecule has 0 bridgehead atoms. The van der Waals surface area contributed by atoms with Crippen molar-refractivity contribution in [1.29, 1.82) is 5.41 Å². The van der Waals surface area contributed by atoms with Gasteiger partial charge >= 0.3 is 0 Å². The van der Waals surface area contributed by atoms with Crippen molar-refractivity contribution in [3.63, 3.8) is 0 Å². The van der Waals surface area contributed by atoms with Gasteiger partial charge in [-0.05, 0) is 66.8 Å². The number of rotatable bonds is 5. The fraction of sp³-hybridized carbons (Fsp3) is 0.130. The van der Waals surface area contributed by atoms with Crippen molar-refractivity contribution in [1.82, 2.24) is 4.98 Å². The lowest BCUT2D eigenvalue weighted by atomic mass is 9.92. The Kier molecular flexibility index (Phi) is 6.06. The first-order chi connectivity index (χ1) is 13.8. The van der Waals surface area contributed by atoms with E-state index in [1.165, 1.54) is 0 Å². The topological polar surface area (TPSA) is 106 Å². The first-order valence-corrected chi connectivity index (χ1v) is 10.4. The average molecular weight is 405 g/mol. The van der Waals surface area contributed by atoms with Crippen LogP contribution >= 0.6 is 0 Å². The van der Waals surface area contributed by atoms with Gasteiger partial charge in [0.1, 0.15) is 11.0 Å². The Morgan fingerprint density at radius 1 is 0.931 bits per heavy atom. The predicted octanol–water partition coefficient (Wildman–Crippen LogP) is 4.10. The number of aromatic nitrogens is 1. The molecule has 29 heavy (non-hydrogen) atoms. The molecule has 0 saturated carbocycles. The van der Waals surface area contributed by atoms with E-state index in [0.29, 0.717) is 21.9 Å². The summed E-state index contributed by atoms with van der Waals surface area (Å²) < 4.78 is 11.7. The second kappa shape index (κ2) is 8.51. The Morgan fingerprint density at radius 3 is 2.10 bits per heavy atom. The van der Waals surface area contributed by atoms with Crippen LogP contribution in [0.4, 0.5) is 0 Å². The molecule has 3 rings (SSSR count). The molecule has 6 heteroatoms. The molecular formula is C23H24N4OS. The number of hydrogen-bond acceptors (Lipinski definition) is 4. The summed E-state index contributed by atoms with van der Waals surface area (Å²) in [5.74, 6) is 0. The van der Waals surface area contributed by atoms with Crippen LogP contribution in [0.3, 0.4) is 0 Å². The number of nitrogens with two attached hydrogens (primary N) is 2. The Hall–Kier alpha value is -3.09. The molecule has 1 atom stereocenters. The van der Waals surface area contributed by atoms with Gasteiger partial charge in [0.15, 0.2) is 0 Å². The lowest BCUT2D eigenvalue weighted by Gasteiger charge is -2.15. The molecule has 0 aliphatic rings. The Balaban J connectivity index is 2.00. The summed E-state index contributed by atoms with van der Waals surface area (Å²) in [7, 11) is -1.50. The number of benzene rings is 2. The lowest BCUT2D eigenvalue weighted by Crippen LogP contribution is -2.09. The van der Waals surface area contributed by atoms with Gasteiger partial charge in [0.2, 0.25) is 0 Å². The maximum absolute atomic E-state index is 11.7. The fourth-order valence-electron chi connectivity index (χ4n) is 3.38. The van der Waals surface area contributed by atoms with Crippen LogP contribution in [0.15, 0.2) is 71.5 Å². The van der Waals surface area contributed by atoms with Crippen molar-refractivity contribution >= 4 is 22.3 Å². The fourth-order valence-corrected chi connectivity index (χ4v) is 4.03. The van der Waals surface area contributed by atoms with Crippen LogP contribution in [0.5, 0.6) is 0 Å². The number of hydrogen-bond donors (Lipinski definition) is 3. The largest absolute Gasteiger partial charge is 0.402 e. The third-order valence-electron chi connectivity index (χ3n) is 5.05. The molecule has 1 unspecified atom stereocenters. The van der Waals surface area contributed by atoms with Crippen molar-refractivity contribution in [2.75, 3.05) is 0 Å². The highest BCUT2D eigenvalue weighted by atomic mass is 32.2. The highest BCUT2D eigenvalue weighted by Crippen LogP contribution is 2.30. The molecule has 148 valence electrons. The second-order valence-electron chi connectivity index (χ2n) is 6.90. The van der Waals surface area contributed by atoms with Crippen molar-refractivity contribution in [3.05, 3.63) is 88.9 Å². The maximum Gasteiger partial charge on any atom is 0.122 e. The Labute approximate surface area is 173 Å². The van der Waals surface area contributed by atoms with Crippen LogP contribution in [-0.4, -0.2) is 14.9 Å². The van der Waals surface area contributed by atoms with Gasteiger partial charge in [-0.25, -0.2) is 9.35 Å². The summed E-state index contributed by atoms with van der Waals surface area (Å²) in [5.41, 5.74) is 13.5. The number of nitrogens with one attached hydrogen (secondary N) is 1. The van der Waals surface area contributed by atoms with Gasteiger partial charge in [-0.15, -0.1) is 0 Å². The van der Waals surface area contributed by atoms with E-state index in [1.54, 1.807) is 31.5 Å². The first kappa shape index (κ1) is 20.6. The predicted molar refractivity (Wildman–Crippen MR) is 120 cm³/mol. The quantitative estimate of drug-likeness (QED) is 0.557. The van der Waals surface area contributed by atoms with Gasteiger partial charge in [-0.3, -0.25) is 10.4 Å². The minimum Gasteiger partial charge on any atom is -0.402 e. The summed E-state index contributed by atoms with van der Waals surface area (Å²) in [6.45, 7) is 5.74. The monoisotopic (exact) mass is 404 g/mol. The number of allylic oxidation sites excluding steroid dienone is 2. The molecule has 0 saturated heterocycles. The molecule has 0 fully saturated rings. The summed E-state index contributed by atoms with van der Waals surface area (Å²) in [4.78, 5) is 4.66. The minimum absolute atomic E-state index is 0.363. The van der Waals surface area contributed by atoms with E-state index in [-0.39, 0.29) is 0 Å². The SMILES string of the molecule is C/C(N)=C(/C(=N)c1ccncc1)c1ccc(-c2ccc(S(N)=O)c(C)c2C)cc1. The Bertz CT molecular complexity index is 1120. The summed E-state index contributed by atoms with van der Waals surface area (Å²) in [6, 6.07) is 15.3. The van der Waals surface area contributed by atoms with Gasteiger partial charge in [0.05, 0.1) is 10.6 Å². The van der Waals surface area contributed by atoms with Gasteiger partial charge in [0, 0.05) is 29.2 Å². The number of pyridine rings is 1. The summed E-state index contributed by atoms with van der Waals surface area (Å²) in [5, 5.41) is 14.2. The molecule has 1 heterocycles. The van der Waals surface area contributed by atoms with Gasteiger partial charge in [-0.1, -0.05) is 30.3 Å². The molecule has 2 aromatic carbocycles. The molecule has 5 nitrogen and oxygen atoms in total. The maximum atomic E-state index is 11.7. The van der Waals surface area contributed by atoms with Crippen molar-refractivity contribution in [2.45, 2.75) is 25.7 Å². The smallest absolute Gasteiger partial charge is 0.122 e. The van der Waals surface area contributed by atoms with E-state index in [2.05, 4.69) is 4.98 Å². The van der Waals surface area contributed by atoms with Gasteiger partial charge in [-0.2, -0.15) is 0 Å². The molecule has 0 radical (unpaired) electrons. The highest BCUT2D eigenvalue weighted by molar-refractivity contribution is 7.82. The van der Waals surface area contributed by atoms with Crippen molar-refractivity contribution < 1.29 is 4.21 Å². The number of nitrogens with zero attached hydrogens (tertiary/aromatic N) is 1. The van der Waals surface area contributed by atoms with Crippen LogP contribution in [0.2, 0.25) is 0 Å². The van der Waals surface area contributed by atoms with Crippen LogP contribution in [0.1, 0.15) is 29.2 Å². The third-order valence-corrected chi connectivity index (χ3v) is 5.93. The van der Waals surface area contributed by atoms with Gasteiger partial charge in [0.25, 0.3) is 0 Å². The van der Waals surface area contributed by atoms with E-state index in [0.717, 1.165) is 33.4 Å². The van der Waals surface area contributed by atoms with E-state index in [1.807, 2.05) is 50.2 Å². The van der Waals surface area contributed by atoms with E-state index in [4.69, 9.17) is 16.3 Å². The molecule has 5 N–H and O–H groups in total. The second-order valence-corrected chi connectivity index (χ2v) is 7.94. The molecular weight excluding hydrogens is 380 g/mol.